The van der Waals surface area contributed by atoms with E-state index in [0.29, 0.717) is 18.6 Å². The highest BCUT2D eigenvalue weighted by Crippen LogP contribution is 2.51. The second-order valence-corrected chi connectivity index (χ2v) is 9.24. The molecule has 1 aromatic carbocycles. The maximum absolute atomic E-state index is 13.6. The molecule has 4 heterocycles. The van der Waals surface area contributed by atoms with Gasteiger partial charge in [0, 0.05) is 22.4 Å². The molecule has 3 aliphatic heterocycles. The van der Waals surface area contributed by atoms with Crippen LogP contribution in [0.25, 0.3) is 0 Å². The molecule has 26 heavy (non-hydrogen) atoms. The van der Waals surface area contributed by atoms with Gasteiger partial charge in [0.2, 0.25) is 5.88 Å². The number of carbonyl (C=O) groups is 1. The Morgan fingerprint density at radius 1 is 1.23 bits per heavy atom. The summed E-state index contributed by atoms with van der Waals surface area (Å²) in [6.07, 6.45) is 0.693. The Kier molecular flexibility index (Phi) is 3.44. The first kappa shape index (κ1) is 16.2. The van der Waals surface area contributed by atoms with Gasteiger partial charge in [-0.2, -0.15) is 0 Å². The first-order chi connectivity index (χ1) is 12.5. The van der Waals surface area contributed by atoms with E-state index in [9.17, 15) is 9.90 Å². The number of carbonyl (C=O) groups excluding carboxylic acids is 1. The van der Waals surface area contributed by atoms with Crippen molar-refractivity contribution in [3.63, 3.8) is 0 Å². The van der Waals surface area contributed by atoms with Crippen LogP contribution in [0.4, 0.5) is 10.7 Å². The average molecular weight is 386 g/mol. The summed E-state index contributed by atoms with van der Waals surface area (Å²) in [5.74, 6) is 0.187. The molecular formula is C19H18N2O3S2. The molecule has 3 aliphatic rings. The van der Waals surface area contributed by atoms with Gasteiger partial charge in [0.1, 0.15) is 5.00 Å². The third-order valence-electron chi connectivity index (χ3n) is 4.94. The Bertz CT molecular complexity index is 936. The van der Waals surface area contributed by atoms with Crippen LogP contribution in [-0.4, -0.2) is 22.1 Å². The fraction of sp³-hybridized carbons (Fsp3) is 0.316. The smallest absolute Gasteiger partial charge is 0.263 e. The summed E-state index contributed by atoms with van der Waals surface area (Å²) in [6.45, 7) is 4.61. The van der Waals surface area contributed by atoms with Gasteiger partial charge in [0.15, 0.2) is 5.50 Å². The molecule has 7 heteroatoms. The molecule has 0 fully saturated rings. The molecule has 0 aliphatic carbocycles. The largest absolute Gasteiger partial charge is 0.494 e. The van der Waals surface area contributed by atoms with Crippen molar-refractivity contribution in [2.24, 2.45) is 0 Å². The van der Waals surface area contributed by atoms with Crippen LogP contribution < -0.4 is 9.80 Å². The molecule has 5 rings (SSSR count). The highest BCUT2D eigenvalue weighted by molar-refractivity contribution is 8.03. The van der Waals surface area contributed by atoms with Crippen molar-refractivity contribution in [1.29, 1.82) is 0 Å². The summed E-state index contributed by atoms with van der Waals surface area (Å²) in [5.41, 5.74) is 2.01. The quantitative estimate of drug-likeness (QED) is 0.785. The van der Waals surface area contributed by atoms with Gasteiger partial charge in [-0.3, -0.25) is 14.6 Å². The van der Waals surface area contributed by atoms with Gasteiger partial charge in [-0.25, -0.2) is 0 Å². The van der Waals surface area contributed by atoms with Crippen LogP contribution in [0.1, 0.15) is 34.6 Å². The molecule has 1 N–H and O–H groups in total. The van der Waals surface area contributed by atoms with E-state index in [2.05, 4.69) is 0 Å². The van der Waals surface area contributed by atoms with Gasteiger partial charge in [0.05, 0.1) is 17.8 Å². The number of aliphatic hydroxyl groups is 1. The lowest BCUT2D eigenvalue weighted by atomic mass is 9.92. The van der Waals surface area contributed by atoms with Gasteiger partial charge in [-0.05, 0) is 31.5 Å². The number of thioether (sulfide) groups is 1. The molecule has 0 saturated heterocycles. The fourth-order valence-electron chi connectivity index (χ4n) is 3.72. The Balaban J connectivity index is 1.70. The summed E-state index contributed by atoms with van der Waals surface area (Å²) in [5, 5.41) is 13.0. The van der Waals surface area contributed by atoms with Crippen molar-refractivity contribution < 1.29 is 14.6 Å². The van der Waals surface area contributed by atoms with Gasteiger partial charge < -0.3 is 9.84 Å². The van der Waals surface area contributed by atoms with Gasteiger partial charge >= 0.3 is 0 Å². The van der Waals surface area contributed by atoms with E-state index >= 15 is 0 Å². The number of ether oxygens (including phenoxy) is 1. The molecule has 0 saturated carbocycles. The minimum Gasteiger partial charge on any atom is -0.494 e. The van der Waals surface area contributed by atoms with E-state index in [0.717, 1.165) is 21.1 Å². The van der Waals surface area contributed by atoms with Crippen molar-refractivity contribution in [1.82, 2.24) is 0 Å². The standard InChI is InChI=1S/C19H18N2O3S2/c1-19(2)8-12-13(9-24-19)26-17-15(12)16(23)20(11-6-4-3-5-7-11)18-21(17)14(22)10-25-18/h3-7,10,18,22H,8-9H2,1-2H3/t18-/m0/s1. The van der Waals surface area contributed by atoms with E-state index in [1.807, 2.05) is 49.1 Å². The molecule has 1 amide bonds. The van der Waals surface area contributed by atoms with Crippen LogP contribution in [-0.2, 0) is 17.8 Å². The average Bonchev–Trinajstić information content (AvgIpc) is 3.16. The zero-order valence-corrected chi connectivity index (χ0v) is 16.1. The molecule has 0 unspecified atom stereocenters. The lowest BCUT2D eigenvalue weighted by molar-refractivity contribution is -0.0383. The second-order valence-electron chi connectivity index (χ2n) is 7.23. The number of hydrogen-bond donors (Lipinski definition) is 1. The molecule has 0 radical (unpaired) electrons. The van der Waals surface area contributed by atoms with Crippen LogP contribution >= 0.6 is 23.1 Å². The number of fused-ring (bicyclic) bond motifs is 5. The molecule has 2 aromatic rings. The minimum atomic E-state index is -0.300. The first-order valence-corrected chi connectivity index (χ1v) is 10.2. The number of aliphatic hydroxyl groups excluding tert-OH is 1. The summed E-state index contributed by atoms with van der Waals surface area (Å²) in [4.78, 5) is 18.3. The Hall–Kier alpha value is -1.96. The number of benzene rings is 1. The summed E-state index contributed by atoms with van der Waals surface area (Å²) in [7, 11) is 0. The Morgan fingerprint density at radius 2 is 2.00 bits per heavy atom. The topological polar surface area (TPSA) is 53.0 Å². The molecule has 5 nitrogen and oxygen atoms in total. The predicted octanol–water partition coefficient (Wildman–Crippen LogP) is 4.45. The van der Waals surface area contributed by atoms with Crippen LogP contribution in [0.15, 0.2) is 41.6 Å². The highest BCUT2D eigenvalue weighted by atomic mass is 32.2. The number of nitrogens with zero attached hydrogens (tertiary/aromatic N) is 2. The zero-order valence-electron chi connectivity index (χ0n) is 14.4. The summed E-state index contributed by atoms with van der Waals surface area (Å²) in [6, 6.07) is 9.65. The minimum absolute atomic E-state index is 0.00162. The number of amides is 1. The van der Waals surface area contributed by atoms with E-state index < -0.39 is 0 Å². The summed E-state index contributed by atoms with van der Waals surface area (Å²) < 4.78 is 5.94. The number of para-hydroxylation sites is 1. The van der Waals surface area contributed by atoms with E-state index in [1.54, 1.807) is 21.6 Å². The number of rotatable bonds is 1. The SMILES string of the molecule is CC1(C)Cc2c(sc3c2C(=O)N(c2ccccc2)[C@@H]2SC=C(O)N32)CO1. The van der Waals surface area contributed by atoms with Crippen molar-refractivity contribution in [2.75, 3.05) is 9.80 Å². The molecule has 1 aromatic heterocycles. The third kappa shape index (κ3) is 2.24. The molecule has 0 spiro atoms. The predicted molar refractivity (Wildman–Crippen MR) is 105 cm³/mol. The van der Waals surface area contributed by atoms with Crippen LogP contribution in [0.3, 0.4) is 0 Å². The van der Waals surface area contributed by atoms with E-state index in [-0.39, 0.29) is 22.9 Å². The number of hydrogen-bond acceptors (Lipinski definition) is 6. The fourth-order valence-corrected chi connectivity index (χ4v) is 6.07. The summed E-state index contributed by atoms with van der Waals surface area (Å²) >= 11 is 3.00. The van der Waals surface area contributed by atoms with E-state index in [1.165, 1.54) is 11.8 Å². The Labute approximate surface area is 159 Å². The van der Waals surface area contributed by atoms with E-state index in [4.69, 9.17) is 4.74 Å². The van der Waals surface area contributed by atoms with Crippen LogP contribution in [0, 0.1) is 0 Å². The maximum Gasteiger partial charge on any atom is 0.263 e. The molecule has 134 valence electrons. The van der Waals surface area contributed by atoms with Crippen molar-refractivity contribution >= 4 is 39.7 Å². The van der Waals surface area contributed by atoms with Crippen molar-refractivity contribution in [3.8, 4) is 0 Å². The lowest BCUT2D eigenvalue weighted by Crippen LogP contribution is -2.51. The number of anilines is 2. The molecule has 1 atom stereocenters. The molecular weight excluding hydrogens is 368 g/mol. The monoisotopic (exact) mass is 386 g/mol. The van der Waals surface area contributed by atoms with Gasteiger partial charge in [-0.1, -0.05) is 30.0 Å². The van der Waals surface area contributed by atoms with Gasteiger partial charge in [-0.15, -0.1) is 11.3 Å². The van der Waals surface area contributed by atoms with Crippen molar-refractivity contribution in [3.05, 3.63) is 57.6 Å². The Morgan fingerprint density at radius 3 is 2.77 bits per heavy atom. The third-order valence-corrected chi connectivity index (χ3v) is 7.15. The van der Waals surface area contributed by atoms with Crippen LogP contribution in [0.5, 0.6) is 0 Å². The molecule has 0 bridgehead atoms. The van der Waals surface area contributed by atoms with Gasteiger partial charge in [0.25, 0.3) is 5.91 Å². The van der Waals surface area contributed by atoms with Crippen molar-refractivity contribution in [2.45, 2.75) is 38.0 Å². The lowest BCUT2D eigenvalue weighted by Gasteiger charge is -2.40. The first-order valence-electron chi connectivity index (χ1n) is 8.47. The highest BCUT2D eigenvalue weighted by Gasteiger charge is 2.47. The van der Waals surface area contributed by atoms with Crippen LogP contribution in [0.2, 0.25) is 0 Å². The maximum atomic E-state index is 13.6. The zero-order chi connectivity index (χ0) is 18.1. The normalized spacial score (nSPS) is 23.4. The number of thiophene rings is 1. The second kappa shape index (κ2) is 5.52.